The second kappa shape index (κ2) is 13.5. The van der Waals surface area contributed by atoms with E-state index >= 15 is 0 Å². The van der Waals surface area contributed by atoms with Crippen LogP contribution in [0.15, 0.2) is 18.3 Å². The number of urea groups is 1. The third-order valence-corrected chi connectivity index (χ3v) is 6.81. The molecule has 0 bridgehead atoms. The van der Waals surface area contributed by atoms with Crippen LogP contribution in [0.4, 0.5) is 16.4 Å². The van der Waals surface area contributed by atoms with E-state index in [1.165, 1.54) is 26.5 Å². The zero-order valence-corrected chi connectivity index (χ0v) is 23.3. The molecule has 1 N–H and O–H groups in total. The zero-order valence-electron chi connectivity index (χ0n) is 23.3. The van der Waals surface area contributed by atoms with Crippen molar-refractivity contribution in [2.24, 2.45) is 0 Å². The second-order valence-electron chi connectivity index (χ2n) is 9.58. The lowest BCUT2D eigenvalue weighted by molar-refractivity contribution is -0.136. The topological polar surface area (TPSA) is 142 Å². The largest absolute Gasteiger partial charge is 0.490 e. The number of nitrogens with one attached hydrogen (secondary N) is 1. The number of piperazine rings is 1. The number of ether oxygens (including phenoxy) is 4. The van der Waals surface area contributed by atoms with Crippen LogP contribution in [0.2, 0.25) is 0 Å². The number of hydrogen-bond acceptors (Lipinski definition) is 10. The van der Waals surface area contributed by atoms with Gasteiger partial charge in [-0.3, -0.25) is 19.9 Å². The molecule has 0 atom stereocenters. The van der Waals surface area contributed by atoms with E-state index in [9.17, 15) is 14.9 Å². The number of fused-ring (bicyclic) bond motifs is 1. The molecule has 1 saturated heterocycles. The van der Waals surface area contributed by atoms with E-state index in [-0.39, 0.29) is 23.9 Å². The number of aromatic nitrogens is 2. The maximum Gasteiger partial charge on any atom is 0.328 e. The monoisotopic (exact) mass is 553 g/mol. The number of nitrogens with zero attached hydrogens (tertiary/aromatic N) is 6. The summed E-state index contributed by atoms with van der Waals surface area (Å²) < 4.78 is 21.7. The third-order valence-electron chi connectivity index (χ3n) is 6.81. The van der Waals surface area contributed by atoms with Crippen molar-refractivity contribution < 1.29 is 28.5 Å². The van der Waals surface area contributed by atoms with Gasteiger partial charge in [0.2, 0.25) is 12.2 Å². The molecule has 3 amide bonds. The molecule has 0 radical (unpaired) electrons. The van der Waals surface area contributed by atoms with Gasteiger partial charge in [-0.25, -0.2) is 14.8 Å². The minimum Gasteiger partial charge on any atom is -0.490 e. The van der Waals surface area contributed by atoms with Crippen LogP contribution in [0, 0.1) is 11.3 Å². The number of methoxy groups -OCH3 is 3. The Morgan fingerprint density at radius 1 is 1.18 bits per heavy atom. The highest BCUT2D eigenvalue weighted by atomic mass is 16.7. The molecule has 2 aliphatic rings. The third kappa shape index (κ3) is 6.65. The lowest BCUT2D eigenvalue weighted by Gasteiger charge is -2.34. The molecule has 0 saturated carbocycles. The molecule has 0 unspecified atom stereocenters. The van der Waals surface area contributed by atoms with Crippen LogP contribution < -0.4 is 15.0 Å². The molecule has 0 aliphatic carbocycles. The van der Waals surface area contributed by atoms with Gasteiger partial charge in [-0.2, -0.15) is 5.26 Å². The summed E-state index contributed by atoms with van der Waals surface area (Å²) >= 11 is 0. The zero-order chi connectivity index (χ0) is 28.6. The number of nitriles is 1. The molecule has 4 rings (SSSR count). The van der Waals surface area contributed by atoms with E-state index in [4.69, 9.17) is 23.9 Å². The van der Waals surface area contributed by atoms with Crippen LogP contribution in [0.25, 0.3) is 0 Å². The Morgan fingerprint density at radius 2 is 1.98 bits per heavy atom. The van der Waals surface area contributed by atoms with Crippen molar-refractivity contribution in [1.29, 1.82) is 5.26 Å². The predicted molar refractivity (Wildman–Crippen MR) is 145 cm³/mol. The Labute approximate surface area is 233 Å². The number of hydrogen-bond donors (Lipinski definition) is 1. The molecule has 2 aliphatic heterocycles. The van der Waals surface area contributed by atoms with Crippen LogP contribution in [-0.4, -0.2) is 99.5 Å². The molecular weight excluding hydrogens is 518 g/mol. The summed E-state index contributed by atoms with van der Waals surface area (Å²) in [6, 6.07) is 5.12. The van der Waals surface area contributed by atoms with Crippen molar-refractivity contribution in [3.8, 4) is 11.8 Å². The molecule has 0 aromatic carbocycles. The quantitative estimate of drug-likeness (QED) is 0.342. The van der Waals surface area contributed by atoms with Crippen molar-refractivity contribution >= 4 is 23.6 Å². The van der Waals surface area contributed by atoms with E-state index in [1.54, 1.807) is 12.0 Å². The molecule has 13 heteroatoms. The SMILES string of the molecule is COCCOc1cc(NC(=O)N2CCCc3cc(CN4CCN(C)CC4=O)c(C(OC)OC)nc32)ncc1C#N. The highest BCUT2D eigenvalue weighted by Crippen LogP contribution is 2.32. The van der Waals surface area contributed by atoms with Crippen molar-refractivity contribution in [2.45, 2.75) is 25.7 Å². The summed E-state index contributed by atoms with van der Waals surface area (Å²) in [5.41, 5.74) is 2.48. The van der Waals surface area contributed by atoms with Gasteiger partial charge in [0.1, 0.15) is 41.3 Å². The van der Waals surface area contributed by atoms with Crippen molar-refractivity contribution in [3.63, 3.8) is 0 Å². The first-order chi connectivity index (χ1) is 19.4. The number of amides is 3. The number of aryl methyl sites for hydroxylation is 1. The van der Waals surface area contributed by atoms with Gasteiger partial charge in [0.25, 0.3) is 0 Å². The van der Waals surface area contributed by atoms with Gasteiger partial charge in [0.15, 0.2) is 0 Å². The molecule has 13 nitrogen and oxygen atoms in total. The standard InChI is InChI=1S/C27H35N7O6/c1-32-8-9-33(23(35)17-32)16-19-12-18-6-5-7-34(25(18)31-24(19)26(38-3)39-4)27(36)30-22-13-21(40-11-10-37-2)20(14-28)15-29-22/h12-13,15,26H,5-11,16-17H2,1-4H3,(H,29,30,36). The molecule has 2 aromatic rings. The highest BCUT2D eigenvalue weighted by molar-refractivity contribution is 6.01. The maximum absolute atomic E-state index is 13.4. The summed E-state index contributed by atoms with van der Waals surface area (Å²) in [4.78, 5) is 40.5. The lowest BCUT2D eigenvalue weighted by Crippen LogP contribution is -2.48. The van der Waals surface area contributed by atoms with Crippen LogP contribution in [-0.2, 0) is 32.0 Å². The van der Waals surface area contributed by atoms with Crippen LogP contribution in [0.1, 0.15) is 35.1 Å². The summed E-state index contributed by atoms with van der Waals surface area (Å²) in [6.07, 6.45) is 2.04. The molecule has 4 heterocycles. The Morgan fingerprint density at radius 3 is 2.67 bits per heavy atom. The average molecular weight is 554 g/mol. The van der Waals surface area contributed by atoms with Gasteiger partial charge in [-0.1, -0.05) is 0 Å². The lowest BCUT2D eigenvalue weighted by atomic mass is 10.0. The van der Waals surface area contributed by atoms with Gasteiger partial charge in [-0.15, -0.1) is 0 Å². The number of likely N-dealkylation sites (N-methyl/N-ethyl adjacent to an activating group) is 1. The van der Waals surface area contributed by atoms with Gasteiger partial charge in [0.05, 0.1) is 19.3 Å². The number of carbonyl (C=O) groups excluding carboxylic acids is 2. The first-order valence-corrected chi connectivity index (χ1v) is 13.0. The van der Waals surface area contributed by atoms with E-state index in [0.717, 1.165) is 30.5 Å². The normalized spacial score (nSPS) is 15.7. The molecule has 2 aromatic heterocycles. The average Bonchev–Trinajstić information content (AvgIpc) is 2.95. The minimum absolute atomic E-state index is 0.0466. The summed E-state index contributed by atoms with van der Waals surface area (Å²) in [5.74, 6) is 1.08. The summed E-state index contributed by atoms with van der Waals surface area (Å²) in [5, 5.41) is 12.2. The van der Waals surface area contributed by atoms with Gasteiger partial charge in [0, 0.05) is 53.6 Å². The smallest absolute Gasteiger partial charge is 0.328 e. The number of anilines is 2. The Hall–Kier alpha value is -3.83. The Balaban J connectivity index is 1.60. The summed E-state index contributed by atoms with van der Waals surface area (Å²) in [6.45, 7) is 3.17. The summed E-state index contributed by atoms with van der Waals surface area (Å²) in [7, 11) is 6.52. The fraction of sp³-hybridized carbons (Fsp3) is 0.519. The molecule has 0 spiro atoms. The van der Waals surface area contributed by atoms with Crippen molar-refractivity contribution in [2.75, 3.05) is 78.0 Å². The fourth-order valence-corrected chi connectivity index (χ4v) is 4.73. The van der Waals surface area contributed by atoms with E-state index in [0.29, 0.717) is 50.0 Å². The van der Waals surface area contributed by atoms with Gasteiger partial charge >= 0.3 is 6.03 Å². The van der Waals surface area contributed by atoms with Gasteiger partial charge in [-0.05, 0) is 37.1 Å². The van der Waals surface area contributed by atoms with Gasteiger partial charge < -0.3 is 23.8 Å². The molecule has 40 heavy (non-hydrogen) atoms. The highest BCUT2D eigenvalue weighted by Gasteiger charge is 2.30. The van der Waals surface area contributed by atoms with Crippen molar-refractivity contribution in [1.82, 2.24) is 19.8 Å². The number of rotatable bonds is 10. The molecule has 1 fully saturated rings. The Bertz CT molecular complexity index is 1260. The fourth-order valence-electron chi connectivity index (χ4n) is 4.73. The van der Waals surface area contributed by atoms with E-state index in [2.05, 4.69) is 10.3 Å². The molecule has 214 valence electrons. The second-order valence-corrected chi connectivity index (χ2v) is 9.58. The minimum atomic E-state index is -0.776. The predicted octanol–water partition coefficient (Wildman–Crippen LogP) is 1.92. The van der Waals surface area contributed by atoms with Crippen LogP contribution >= 0.6 is 0 Å². The van der Waals surface area contributed by atoms with Crippen LogP contribution in [0.3, 0.4) is 0 Å². The van der Waals surface area contributed by atoms with Crippen LogP contribution in [0.5, 0.6) is 5.75 Å². The Kier molecular flexibility index (Phi) is 9.84. The van der Waals surface area contributed by atoms with E-state index in [1.807, 2.05) is 29.0 Å². The molecular formula is C27H35N7O6. The maximum atomic E-state index is 13.4. The number of pyridine rings is 2. The van der Waals surface area contributed by atoms with Crippen molar-refractivity contribution in [3.05, 3.63) is 40.7 Å². The van der Waals surface area contributed by atoms with E-state index < -0.39 is 12.3 Å². The first-order valence-electron chi connectivity index (χ1n) is 13.0. The first kappa shape index (κ1) is 29.2. The number of carbonyl (C=O) groups is 2.